The average Bonchev–Trinajstić information content (AvgIpc) is 2.18. The van der Waals surface area contributed by atoms with Crippen molar-refractivity contribution < 1.29 is 0 Å². The molecule has 10 aliphatic rings. The van der Waals surface area contributed by atoms with Crippen molar-refractivity contribution in [3.8, 4) is 22.3 Å². The van der Waals surface area contributed by atoms with Gasteiger partial charge in [0.2, 0.25) is 0 Å². The van der Waals surface area contributed by atoms with Gasteiger partial charge in [0.15, 0.2) is 0 Å². The Bertz CT molecular complexity index is 4720. The van der Waals surface area contributed by atoms with Gasteiger partial charge in [-0.3, -0.25) is 0 Å². The Balaban J connectivity index is 0.959. The van der Waals surface area contributed by atoms with Crippen LogP contribution in [0.2, 0.25) is 0 Å². The number of fused-ring (bicyclic) bond motifs is 16. The third-order valence-electron chi connectivity index (χ3n) is 23.2. The Morgan fingerprint density at radius 3 is 1.79 bits per heavy atom. The molecule has 81 heavy (non-hydrogen) atoms. The quantitative estimate of drug-likeness (QED) is 0.160. The van der Waals surface area contributed by atoms with E-state index in [0.717, 1.165) is 35.5 Å². The number of anilines is 3. The summed E-state index contributed by atoms with van der Waals surface area (Å²) in [5, 5.41) is 11.2. The largest absolute Gasteiger partial charge is 0.375 e. The van der Waals surface area contributed by atoms with Crippen molar-refractivity contribution in [3.63, 3.8) is 0 Å². The Kier molecular flexibility index (Phi) is 8.90. The molecule has 9 aromatic carbocycles. The van der Waals surface area contributed by atoms with E-state index in [-0.39, 0.29) is 17.7 Å². The summed E-state index contributed by atoms with van der Waals surface area (Å²) >= 11 is 4.09. The van der Waals surface area contributed by atoms with Crippen LogP contribution in [0.25, 0.3) is 95.2 Å². The Labute approximate surface area is 482 Å². The normalized spacial score (nSPS) is 26.7. The van der Waals surface area contributed by atoms with Gasteiger partial charge in [0.25, 0.3) is 0 Å². The maximum atomic E-state index is 2.95. The molecule has 0 spiro atoms. The first-order chi connectivity index (χ1) is 39.6. The summed E-state index contributed by atoms with van der Waals surface area (Å²) in [6.07, 6.45) is 17.0. The second-order valence-electron chi connectivity index (χ2n) is 28.8. The molecule has 0 unspecified atom stereocenters. The van der Waals surface area contributed by atoms with E-state index in [2.05, 4.69) is 199 Å². The van der Waals surface area contributed by atoms with Crippen LogP contribution < -0.4 is 15.8 Å². The summed E-state index contributed by atoms with van der Waals surface area (Å²) < 4.78 is 8.58. The summed E-state index contributed by atoms with van der Waals surface area (Å²) in [7, 11) is 0. The number of hydrogen-bond donors (Lipinski definition) is 0. The van der Waals surface area contributed by atoms with E-state index < -0.39 is 0 Å². The van der Waals surface area contributed by atoms with Gasteiger partial charge in [-0.2, -0.15) is 0 Å². The highest BCUT2D eigenvalue weighted by Crippen LogP contribution is 2.64. The highest BCUT2D eigenvalue weighted by Gasteiger charge is 2.54. The van der Waals surface area contributed by atoms with Gasteiger partial charge in [-0.1, -0.05) is 112 Å². The fourth-order valence-electron chi connectivity index (χ4n) is 20.6. The van der Waals surface area contributed by atoms with Crippen LogP contribution >= 0.6 is 22.7 Å². The lowest BCUT2D eigenvalue weighted by atomic mass is 9.44. The molecular formula is C76H65BN2S2. The minimum absolute atomic E-state index is 0.0259. The maximum absolute atomic E-state index is 2.95. The zero-order valence-corrected chi connectivity index (χ0v) is 48.4. The van der Waals surface area contributed by atoms with Gasteiger partial charge in [-0.15, -0.1) is 22.7 Å². The van der Waals surface area contributed by atoms with Gasteiger partial charge in [0.1, 0.15) is 0 Å². The first kappa shape index (κ1) is 45.9. The van der Waals surface area contributed by atoms with Crippen molar-refractivity contribution in [2.45, 2.75) is 114 Å². The second kappa shape index (κ2) is 15.7. The van der Waals surface area contributed by atoms with E-state index in [4.69, 9.17) is 0 Å². The van der Waals surface area contributed by atoms with Crippen molar-refractivity contribution in [2.24, 2.45) is 35.5 Å². The molecule has 5 heterocycles. The van der Waals surface area contributed by atoms with Crippen LogP contribution in [0, 0.1) is 35.5 Å². The lowest BCUT2D eigenvalue weighted by molar-refractivity contribution is -0.00527. The molecule has 0 N–H and O–H groups in total. The van der Waals surface area contributed by atoms with Crippen LogP contribution in [-0.4, -0.2) is 11.3 Å². The molecule has 394 valence electrons. The molecule has 8 bridgehead atoms. The number of nitrogens with zero attached hydrogens (tertiary/aromatic N) is 2. The van der Waals surface area contributed by atoms with E-state index in [9.17, 15) is 0 Å². The SMILES string of the molecule is CC(C)(C)c1ccc(N2c3cc4c(sc5ccccc54)c4c3B(c3c2ccc2c3sc3cc5ccccc5cc32)n2c3ccc(C56CC7CC(CC(C7)C5)C6)cc3c3cc(C56CC7CC(CC(C7)C5)C6)cc-4c32)c(-c2ccccc2)c1. The van der Waals surface area contributed by atoms with Gasteiger partial charge >= 0.3 is 6.85 Å². The number of aromatic nitrogens is 1. The van der Waals surface area contributed by atoms with Gasteiger partial charge in [0, 0.05) is 90.2 Å². The van der Waals surface area contributed by atoms with E-state index >= 15 is 0 Å². The van der Waals surface area contributed by atoms with Gasteiger partial charge in [-0.25, -0.2) is 0 Å². The fourth-order valence-corrected chi connectivity index (χ4v) is 23.2. The topological polar surface area (TPSA) is 8.17 Å². The lowest BCUT2D eigenvalue weighted by Gasteiger charge is -2.57. The van der Waals surface area contributed by atoms with Crippen molar-refractivity contribution >= 4 is 130 Å². The zero-order chi connectivity index (χ0) is 53.0. The fraction of sp³-hybridized carbons (Fsp3) is 0.316. The maximum Gasteiger partial charge on any atom is 0.334 e. The number of rotatable bonds is 4. The van der Waals surface area contributed by atoms with Gasteiger partial charge in [-0.05, 0) is 239 Å². The molecular weight excluding hydrogens is 1020 g/mol. The van der Waals surface area contributed by atoms with Crippen LogP contribution in [0.15, 0.2) is 158 Å². The molecule has 8 saturated carbocycles. The van der Waals surface area contributed by atoms with Gasteiger partial charge < -0.3 is 9.38 Å². The van der Waals surface area contributed by atoms with Crippen LogP contribution in [-0.2, 0) is 16.2 Å². The molecule has 22 rings (SSSR count). The van der Waals surface area contributed by atoms with Crippen LogP contribution in [0.5, 0.6) is 0 Å². The minimum atomic E-state index is -0.0561. The highest BCUT2D eigenvalue weighted by molar-refractivity contribution is 7.28. The standard InChI is InChI=1S/C76H65BN2S2/c1-74(2,3)51-17-20-62(56(31-51)48-11-5-4-6-12-48)78-64-22-19-55-58-29-49-13-7-8-14-50(49)30-67(58)81-73(55)70(64)77-69-65(78)35-60-54-15-9-10-16-66(54)80-72(60)68(69)61-34-53(76-39-45-26-46(40-76)28-47(27-45)41-76)33-59-57-32-52(18-21-63(57)79(77)71(59)61)75-36-42-23-43(37-75)25-44(24-42)38-75/h4-22,29-35,42-47H,23-28,36-41H2,1-3H3. The van der Waals surface area contributed by atoms with Crippen molar-refractivity contribution in [3.05, 3.63) is 174 Å². The predicted molar refractivity (Wildman–Crippen MR) is 347 cm³/mol. The number of hydrogen-bond acceptors (Lipinski definition) is 3. The predicted octanol–water partition coefficient (Wildman–Crippen LogP) is 20.0. The molecule has 2 nitrogen and oxygen atoms in total. The molecule has 0 amide bonds. The van der Waals surface area contributed by atoms with Crippen molar-refractivity contribution in [1.29, 1.82) is 0 Å². The molecule has 0 atom stereocenters. The zero-order valence-electron chi connectivity index (χ0n) is 46.7. The van der Waals surface area contributed by atoms with Crippen molar-refractivity contribution in [2.75, 3.05) is 4.90 Å². The van der Waals surface area contributed by atoms with Gasteiger partial charge in [0.05, 0.1) is 5.69 Å². The molecule has 8 fully saturated rings. The summed E-state index contributed by atoms with van der Waals surface area (Å²) in [5.74, 6) is 5.30. The number of benzene rings is 9. The number of thiophene rings is 2. The monoisotopic (exact) mass is 1080 g/mol. The van der Waals surface area contributed by atoms with E-state index in [1.54, 1.807) is 11.1 Å². The lowest BCUT2D eigenvalue weighted by Crippen LogP contribution is -2.57. The van der Waals surface area contributed by atoms with Crippen LogP contribution in [0.1, 0.15) is 115 Å². The molecule has 2 aliphatic heterocycles. The molecule has 3 aromatic heterocycles. The van der Waals surface area contributed by atoms with E-state index in [1.165, 1.54) is 206 Å². The summed E-state index contributed by atoms with van der Waals surface area (Å²) in [4.78, 5) is 2.77. The first-order valence-electron chi connectivity index (χ1n) is 31.1. The molecule has 8 aliphatic carbocycles. The summed E-state index contributed by atoms with van der Waals surface area (Å²) in [6, 6.07) is 63.7. The van der Waals surface area contributed by atoms with Crippen LogP contribution in [0.3, 0.4) is 0 Å². The van der Waals surface area contributed by atoms with Crippen molar-refractivity contribution in [1.82, 2.24) is 4.48 Å². The van der Waals surface area contributed by atoms with Crippen LogP contribution in [0.4, 0.5) is 17.1 Å². The highest BCUT2D eigenvalue weighted by atomic mass is 32.1. The molecule has 12 aromatic rings. The first-order valence-corrected chi connectivity index (χ1v) is 32.7. The Hall–Kier alpha value is -6.66. The Morgan fingerprint density at radius 2 is 1.07 bits per heavy atom. The van der Waals surface area contributed by atoms with E-state index in [0.29, 0.717) is 5.41 Å². The minimum Gasteiger partial charge on any atom is -0.375 e. The molecule has 0 radical (unpaired) electrons. The van der Waals surface area contributed by atoms with E-state index in [1.807, 2.05) is 11.3 Å². The second-order valence-corrected chi connectivity index (χ2v) is 30.9. The molecule has 5 heteroatoms. The smallest absolute Gasteiger partial charge is 0.334 e. The third-order valence-corrected chi connectivity index (χ3v) is 25.6. The Morgan fingerprint density at radius 1 is 0.444 bits per heavy atom. The third kappa shape index (κ3) is 6.15. The average molecular weight is 1080 g/mol. The summed E-state index contributed by atoms with van der Waals surface area (Å²) in [6.45, 7) is 7.05. The molecule has 0 saturated heterocycles. The summed E-state index contributed by atoms with van der Waals surface area (Å²) in [5.41, 5.74) is 20.4.